The highest BCUT2D eigenvalue weighted by Crippen LogP contribution is 2.37. The van der Waals surface area contributed by atoms with Gasteiger partial charge in [0.05, 0.1) is 23.4 Å². The van der Waals surface area contributed by atoms with Crippen LogP contribution in [0.3, 0.4) is 0 Å². The molecule has 0 spiro atoms. The molecule has 0 aliphatic heterocycles. The van der Waals surface area contributed by atoms with E-state index in [1.807, 2.05) is 66.7 Å². The third kappa shape index (κ3) is 4.97. The number of hydrogen-bond donors (Lipinski definition) is 0. The lowest BCUT2D eigenvalue weighted by Gasteiger charge is -2.26. The van der Waals surface area contributed by atoms with Crippen molar-refractivity contribution in [2.75, 3.05) is 11.5 Å². The number of rotatable bonds is 5. The molecule has 0 saturated heterocycles. The van der Waals surface area contributed by atoms with Gasteiger partial charge < -0.3 is 4.74 Å². The van der Waals surface area contributed by atoms with Gasteiger partial charge in [0, 0.05) is 12.5 Å². The molecule has 5 nitrogen and oxygen atoms in total. The summed E-state index contributed by atoms with van der Waals surface area (Å²) in [5, 5.41) is 0. The van der Waals surface area contributed by atoms with E-state index in [1.54, 1.807) is 13.0 Å². The van der Waals surface area contributed by atoms with Crippen LogP contribution >= 0.6 is 0 Å². The van der Waals surface area contributed by atoms with Gasteiger partial charge in [-0.3, -0.25) is 9.59 Å². The monoisotopic (exact) mass is 485 g/mol. The number of nitrogens with zero attached hydrogens (tertiary/aromatic N) is 1. The maximum Gasteiger partial charge on any atom is 0.339 e. The molecule has 2 amide bonds. The summed E-state index contributed by atoms with van der Waals surface area (Å²) in [5.41, 5.74) is 9.05. The minimum Gasteiger partial charge on any atom is -0.462 e. The van der Waals surface area contributed by atoms with E-state index in [4.69, 9.17) is 4.74 Å². The molecular weight excluding hydrogens is 450 g/mol. The first kappa shape index (κ1) is 26.9. The fraction of sp³-hybridized carbons (Fsp3) is 0.323. The minimum atomic E-state index is -0.584. The Balaban J connectivity index is 2.38. The summed E-state index contributed by atoms with van der Waals surface area (Å²) in [5.74, 6) is -1.56. The predicted octanol–water partition coefficient (Wildman–Crippen LogP) is 6.88. The Morgan fingerprint density at radius 2 is 1.22 bits per heavy atom. The highest BCUT2D eigenvalue weighted by atomic mass is 16.5. The quantitative estimate of drug-likeness (QED) is 0.370. The summed E-state index contributed by atoms with van der Waals surface area (Å²) in [6.45, 7) is 16.9. The molecule has 5 heteroatoms. The predicted molar refractivity (Wildman–Crippen MR) is 145 cm³/mol. The molecule has 0 heterocycles. The van der Waals surface area contributed by atoms with Gasteiger partial charge in [0.15, 0.2) is 0 Å². The maximum atomic E-state index is 14.1. The smallest absolute Gasteiger partial charge is 0.339 e. The van der Waals surface area contributed by atoms with Gasteiger partial charge in [0.25, 0.3) is 5.91 Å². The number of ether oxygens (including phenoxy) is 1. The molecule has 3 rings (SSSR count). The highest BCUT2D eigenvalue weighted by molar-refractivity contribution is 6.24. The average Bonchev–Trinajstić information content (AvgIpc) is 2.75. The summed E-state index contributed by atoms with van der Waals surface area (Å²) in [7, 11) is 0. The zero-order valence-electron chi connectivity index (χ0n) is 22.8. The number of carbonyl (C=O) groups is 3. The third-order valence-electron chi connectivity index (χ3n) is 6.43. The van der Waals surface area contributed by atoms with E-state index < -0.39 is 17.8 Å². The summed E-state index contributed by atoms with van der Waals surface area (Å²) >= 11 is 0. The van der Waals surface area contributed by atoms with Crippen LogP contribution in [0.25, 0.3) is 11.1 Å². The lowest BCUT2D eigenvalue weighted by atomic mass is 9.85. The van der Waals surface area contributed by atoms with Crippen molar-refractivity contribution < 1.29 is 19.1 Å². The molecule has 0 bridgehead atoms. The van der Waals surface area contributed by atoms with Crippen molar-refractivity contribution in [1.29, 1.82) is 0 Å². The van der Waals surface area contributed by atoms with Crippen molar-refractivity contribution >= 4 is 23.5 Å². The van der Waals surface area contributed by atoms with E-state index in [0.29, 0.717) is 11.3 Å². The number of hydrogen-bond acceptors (Lipinski definition) is 4. The van der Waals surface area contributed by atoms with Crippen LogP contribution in [0.1, 0.15) is 73.5 Å². The average molecular weight is 486 g/mol. The van der Waals surface area contributed by atoms with Crippen LogP contribution in [0.5, 0.6) is 0 Å². The van der Waals surface area contributed by atoms with E-state index in [1.165, 1.54) is 11.8 Å². The second-order valence-corrected chi connectivity index (χ2v) is 9.58. The first-order chi connectivity index (χ1) is 16.9. The van der Waals surface area contributed by atoms with Crippen LogP contribution in [0.4, 0.5) is 5.69 Å². The van der Waals surface area contributed by atoms with Crippen molar-refractivity contribution in [3.05, 3.63) is 86.5 Å². The molecule has 0 saturated carbocycles. The number of imide groups is 1. The Labute approximate surface area is 214 Å². The van der Waals surface area contributed by atoms with Gasteiger partial charge in [-0.05, 0) is 94.8 Å². The second-order valence-electron chi connectivity index (χ2n) is 9.58. The molecule has 188 valence electrons. The number of anilines is 1. The Hall–Kier alpha value is -3.73. The molecule has 0 aliphatic rings. The van der Waals surface area contributed by atoms with Crippen LogP contribution in [0.15, 0.2) is 36.4 Å². The fourth-order valence-corrected chi connectivity index (χ4v) is 5.24. The van der Waals surface area contributed by atoms with Gasteiger partial charge in [-0.1, -0.05) is 41.5 Å². The molecule has 3 aromatic rings. The van der Waals surface area contributed by atoms with Gasteiger partial charge in [0.2, 0.25) is 5.91 Å². The Bertz CT molecular complexity index is 1340. The molecule has 0 unspecified atom stereocenters. The highest BCUT2D eigenvalue weighted by Gasteiger charge is 2.32. The number of aryl methyl sites for hydroxylation is 7. The van der Waals surface area contributed by atoms with Gasteiger partial charge >= 0.3 is 5.97 Å². The molecule has 0 aliphatic carbocycles. The van der Waals surface area contributed by atoms with E-state index >= 15 is 0 Å². The SMILES string of the molecule is CCOC(=O)c1c(C(=O)N(C(C)=O)c2c(C)cc(C)cc2C)ccc(C)c1-c1c(C)cc(C)cc1C. The van der Waals surface area contributed by atoms with E-state index in [2.05, 4.69) is 12.1 Å². The summed E-state index contributed by atoms with van der Waals surface area (Å²) in [4.78, 5) is 41.6. The number of benzene rings is 3. The lowest BCUT2D eigenvalue weighted by molar-refractivity contribution is -0.116. The van der Waals surface area contributed by atoms with Crippen LogP contribution in [-0.2, 0) is 9.53 Å². The zero-order chi connectivity index (χ0) is 26.9. The fourth-order valence-electron chi connectivity index (χ4n) is 5.24. The first-order valence-electron chi connectivity index (χ1n) is 12.2. The summed E-state index contributed by atoms with van der Waals surface area (Å²) in [6, 6.07) is 11.5. The van der Waals surface area contributed by atoms with Gasteiger partial charge in [-0.2, -0.15) is 0 Å². The van der Waals surface area contributed by atoms with Crippen LogP contribution in [-0.4, -0.2) is 24.4 Å². The number of carbonyl (C=O) groups excluding carboxylic acids is 3. The van der Waals surface area contributed by atoms with E-state index in [-0.39, 0.29) is 17.7 Å². The largest absolute Gasteiger partial charge is 0.462 e. The van der Waals surface area contributed by atoms with Crippen molar-refractivity contribution in [3.8, 4) is 11.1 Å². The number of esters is 1. The Kier molecular flexibility index (Phi) is 7.83. The molecule has 0 fully saturated rings. The molecule has 0 radical (unpaired) electrons. The van der Waals surface area contributed by atoms with E-state index in [0.717, 1.165) is 44.5 Å². The third-order valence-corrected chi connectivity index (χ3v) is 6.43. The zero-order valence-corrected chi connectivity index (χ0v) is 22.8. The lowest BCUT2D eigenvalue weighted by Crippen LogP contribution is -2.37. The van der Waals surface area contributed by atoms with Crippen molar-refractivity contribution in [2.24, 2.45) is 0 Å². The summed E-state index contributed by atoms with van der Waals surface area (Å²) in [6.07, 6.45) is 0. The maximum absolute atomic E-state index is 14.1. The normalized spacial score (nSPS) is 10.8. The van der Waals surface area contributed by atoms with Crippen molar-refractivity contribution in [3.63, 3.8) is 0 Å². The molecular formula is C31H35NO4. The minimum absolute atomic E-state index is 0.142. The Morgan fingerprint density at radius 3 is 1.69 bits per heavy atom. The molecule has 0 aromatic heterocycles. The second kappa shape index (κ2) is 10.5. The van der Waals surface area contributed by atoms with Gasteiger partial charge in [-0.15, -0.1) is 0 Å². The van der Waals surface area contributed by atoms with Gasteiger partial charge in [0.1, 0.15) is 0 Å². The van der Waals surface area contributed by atoms with Crippen LogP contribution in [0.2, 0.25) is 0 Å². The molecule has 0 N–H and O–H groups in total. The van der Waals surface area contributed by atoms with Gasteiger partial charge in [-0.25, -0.2) is 9.69 Å². The first-order valence-corrected chi connectivity index (χ1v) is 12.2. The summed E-state index contributed by atoms with van der Waals surface area (Å²) < 4.78 is 5.45. The van der Waals surface area contributed by atoms with Crippen LogP contribution in [0, 0.1) is 48.5 Å². The van der Waals surface area contributed by atoms with Crippen molar-refractivity contribution in [2.45, 2.75) is 62.3 Å². The Morgan fingerprint density at radius 1 is 0.722 bits per heavy atom. The van der Waals surface area contributed by atoms with E-state index in [9.17, 15) is 14.4 Å². The topological polar surface area (TPSA) is 63.7 Å². The molecule has 3 aromatic carbocycles. The molecule has 36 heavy (non-hydrogen) atoms. The number of amides is 2. The van der Waals surface area contributed by atoms with Crippen molar-refractivity contribution in [1.82, 2.24) is 0 Å². The standard InChI is InChI=1S/C31H35NO4/c1-10-36-31(35)28-25(12-11-19(4)27(28)26-20(5)13-17(2)14-21(26)6)30(34)32(24(9)33)29-22(7)15-18(3)16-23(29)8/h11-16H,10H2,1-9H3. The molecule has 0 atom stereocenters. The van der Waals surface area contributed by atoms with Crippen LogP contribution < -0.4 is 4.90 Å².